The van der Waals surface area contributed by atoms with Crippen LogP contribution in [0.1, 0.15) is 38.8 Å². The summed E-state index contributed by atoms with van der Waals surface area (Å²) < 4.78 is 16.8. The van der Waals surface area contributed by atoms with Crippen molar-refractivity contribution < 1.29 is 23.8 Å². The van der Waals surface area contributed by atoms with E-state index in [0.717, 1.165) is 4.47 Å². The molecule has 0 spiro atoms. The first kappa shape index (κ1) is 16.5. The van der Waals surface area contributed by atoms with Gasteiger partial charge in [0.05, 0.1) is 20.6 Å². The molecule has 0 saturated heterocycles. The third-order valence-corrected chi connectivity index (χ3v) is 4.44. The maximum Gasteiger partial charge on any atom is 0.343 e. The normalized spacial score (nSPS) is 15.6. The van der Waals surface area contributed by atoms with Crippen LogP contribution >= 0.6 is 15.9 Å². The Labute approximate surface area is 147 Å². The highest BCUT2D eigenvalue weighted by atomic mass is 79.9. The minimum Gasteiger partial charge on any atom is -0.493 e. The molecule has 0 radical (unpaired) electrons. The molecular formula is C18H15BrO5. The summed E-state index contributed by atoms with van der Waals surface area (Å²) in [5.41, 5.74) is 1.54. The van der Waals surface area contributed by atoms with E-state index in [-0.39, 0.29) is 12.2 Å². The predicted molar refractivity (Wildman–Crippen MR) is 90.8 cm³/mol. The first-order valence-electron chi connectivity index (χ1n) is 7.29. The number of hydrogen-bond donors (Lipinski definition) is 0. The first-order chi connectivity index (χ1) is 11.5. The zero-order valence-electron chi connectivity index (χ0n) is 13.2. The molecule has 0 aliphatic carbocycles. The van der Waals surface area contributed by atoms with Crippen molar-refractivity contribution in [2.75, 3.05) is 14.2 Å². The van der Waals surface area contributed by atoms with Gasteiger partial charge in [0.1, 0.15) is 11.7 Å². The average molecular weight is 391 g/mol. The van der Waals surface area contributed by atoms with Crippen LogP contribution in [-0.2, 0) is 4.74 Å². The van der Waals surface area contributed by atoms with E-state index in [1.165, 1.54) is 14.2 Å². The summed E-state index contributed by atoms with van der Waals surface area (Å²) in [4.78, 5) is 24.7. The van der Waals surface area contributed by atoms with Crippen molar-refractivity contribution >= 4 is 27.7 Å². The molecular weight excluding hydrogens is 376 g/mol. The van der Waals surface area contributed by atoms with Crippen molar-refractivity contribution in [3.8, 4) is 11.5 Å². The van der Waals surface area contributed by atoms with Gasteiger partial charge in [-0.05, 0) is 18.2 Å². The molecule has 1 aliphatic rings. The van der Waals surface area contributed by atoms with E-state index in [1.54, 1.807) is 36.4 Å². The number of hydrogen-bond acceptors (Lipinski definition) is 5. The second kappa shape index (κ2) is 6.65. The zero-order valence-corrected chi connectivity index (χ0v) is 14.8. The lowest BCUT2D eigenvalue weighted by Crippen LogP contribution is -2.07. The van der Waals surface area contributed by atoms with E-state index in [0.29, 0.717) is 28.2 Å². The standard InChI is InChI=1S/C18H15BrO5/c1-22-14-8-7-12-15(24-18(21)16(12)17(14)23-2)9-13(20)10-3-5-11(19)6-4-10/h3-8,15H,9H2,1-2H3/t15-/m0/s1. The summed E-state index contributed by atoms with van der Waals surface area (Å²) in [6, 6.07) is 10.5. The summed E-state index contributed by atoms with van der Waals surface area (Å²) in [5, 5.41) is 0. The van der Waals surface area contributed by atoms with Crippen molar-refractivity contribution in [1.82, 2.24) is 0 Å². The largest absolute Gasteiger partial charge is 0.493 e. The van der Waals surface area contributed by atoms with E-state index < -0.39 is 12.1 Å². The quantitative estimate of drug-likeness (QED) is 0.571. The molecule has 2 aromatic carbocycles. The van der Waals surface area contributed by atoms with Crippen molar-refractivity contribution in [2.24, 2.45) is 0 Å². The van der Waals surface area contributed by atoms with Crippen LogP contribution in [0.5, 0.6) is 11.5 Å². The maximum absolute atomic E-state index is 12.4. The van der Waals surface area contributed by atoms with Gasteiger partial charge in [0.25, 0.3) is 0 Å². The van der Waals surface area contributed by atoms with E-state index in [9.17, 15) is 9.59 Å². The topological polar surface area (TPSA) is 61.8 Å². The molecule has 0 unspecified atom stereocenters. The number of rotatable bonds is 5. The molecule has 124 valence electrons. The summed E-state index contributed by atoms with van der Waals surface area (Å²) in [6.07, 6.45) is -0.543. The second-order valence-corrected chi connectivity index (χ2v) is 6.21. The molecule has 0 fully saturated rings. The number of carbonyl (C=O) groups excluding carboxylic acids is 2. The molecule has 0 saturated carbocycles. The van der Waals surface area contributed by atoms with Gasteiger partial charge in [-0.3, -0.25) is 4.79 Å². The van der Waals surface area contributed by atoms with E-state index >= 15 is 0 Å². The fourth-order valence-electron chi connectivity index (χ4n) is 2.75. The molecule has 1 atom stereocenters. The van der Waals surface area contributed by atoms with Crippen molar-refractivity contribution in [2.45, 2.75) is 12.5 Å². The number of Topliss-reactive ketones (excluding diaryl/α,β-unsaturated/α-hetero) is 1. The fourth-order valence-corrected chi connectivity index (χ4v) is 3.01. The van der Waals surface area contributed by atoms with Crippen LogP contribution in [0, 0.1) is 0 Å². The smallest absolute Gasteiger partial charge is 0.343 e. The van der Waals surface area contributed by atoms with Gasteiger partial charge < -0.3 is 14.2 Å². The highest BCUT2D eigenvalue weighted by Crippen LogP contribution is 2.43. The molecule has 1 aliphatic heterocycles. The highest BCUT2D eigenvalue weighted by Gasteiger charge is 2.36. The van der Waals surface area contributed by atoms with Gasteiger partial charge in [-0.1, -0.05) is 34.1 Å². The van der Waals surface area contributed by atoms with E-state index in [2.05, 4.69) is 15.9 Å². The van der Waals surface area contributed by atoms with Gasteiger partial charge in [0, 0.05) is 15.6 Å². The first-order valence-corrected chi connectivity index (χ1v) is 8.09. The Balaban J connectivity index is 1.89. The van der Waals surface area contributed by atoms with Gasteiger partial charge in [-0.15, -0.1) is 0 Å². The molecule has 0 N–H and O–H groups in total. The van der Waals surface area contributed by atoms with Gasteiger partial charge in [0.15, 0.2) is 17.3 Å². The lowest BCUT2D eigenvalue weighted by molar-refractivity contribution is 0.0365. The molecule has 0 bridgehead atoms. The lowest BCUT2D eigenvalue weighted by Gasteiger charge is -2.12. The molecule has 3 rings (SSSR count). The third kappa shape index (κ3) is 2.89. The molecule has 0 amide bonds. The Morgan fingerprint density at radius 2 is 1.83 bits per heavy atom. The molecule has 0 aromatic heterocycles. The van der Waals surface area contributed by atoms with Crippen LogP contribution in [0.2, 0.25) is 0 Å². The number of fused-ring (bicyclic) bond motifs is 1. The Morgan fingerprint density at radius 1 is 1.12 bits per heavy atom. The summed E-state index contributed by atoms with van der Waals surface area (Å²) in [7, 11) is 2.96. The van der Waals surface area contributed by atoms with Gasteiger partial charge >= 0.3 is 5.97 Å². The second-order valence-electron chi connectivity index (χ2n) is 5.29. The summed E-state index contributed by atoms with van der Waals surface area (Å²) >= 11 is 3.34. The van der Waals surface area contributed by atoms with Crippen molar-refractivity contribution in [1.29, 1.82) is 0 Å². The Kier molecular flexibility index (Phi) is 4.57. The third-order valence-electron chi connectivity index (χ3n) is 3.92. The van der Waals surface area contributed by atoms with Crippen molar-refractivity contribution in [3.05, 3.63) is 57.6 Å². The van der Waals surface area contributed by atoms with Gasteiger partial charge in [-0.2, -0.15) is 0 Å². The SMILES string of the molecule is COc1ccc2c(c1OC)C(=O)O[C@H]2CC(=O)c1ccc(Br)cc1. The number of ketones is 1. The minimum atomic E-state index is -0.622. The van der Waals surface area contributed by atoms with Crippen LogP contribution in [0.4, 0.5) is 0 Å². The van der Waals surface area contributed by atoms with Crippen LogP contribution in [0.15, 0.2) is 40.9 Å². The Morgan fingerprint density at radius 3 is 2.46 bits per heavy atom. The Hall–Kier alpha value is -2.34. The van der Waals surface area contributed by atoms with Crippen LogP contribution in [-0.4, -0.2) is 26.0 Å². The zero-order chi connectivity index (χ0) is 17.3. The van der Waals surface area contributed by atoms with Crippen LogP contribution in [0.3, 0.4) is 0 Å². The summed E-state index contributed by atoms with van der Waals surface area (Å²) in [6.45, 7) is 0. The van der Waals surface area contributed by atoms with Crippen LogP contribution < -0.4 is 9.47 Å². The number of cyclic esters (lactones) is 1. The average Bonchev–Trinajstić information content (AvgIpc) is 2.90. The van der Waals surface area contributed by atoms with E-state index in [4.69, 9.17) is 14.2 Å². The number of halogens is 1. The summed E-state index contributed by atoms with van der Waals surface area (Å²) in [5.74, 6) is 0.184. The lowest BCUT2D eigenvalue weighted by atomic mass is 9.97. The number of benzene rings is 2. The monoisotopic (exact) mass is 390 g/mol. The number of carbonyl (C=O) groups is 2. The number of ether oxygens (including phenoxy) is 3. The number of methoxy groups -OCH3 is 2. The molecule has 6 heteroatoms. The van der Waals surface area contributed by atoms with Crippen molar-refractivity contribution in [3.63, 3.8) is 0 Å². The number of esters is 1. The van der Waals surface area contributed by atoms with Gasteiger partial charge in [-0.25, -0.2) is 4.79 Å². The molecule has 5 nitrogen and oxygen atoms in total. The maximum atomic E-state index is 12.4. The molecule has 2 aromatic rings. The van der Waals surface area contributed by atoms with Gasteiger partial charge in [0.2, 0.25) is 0 Å². The van der Waals surface area contributed by atoms with E-state index in [1.807, 2.05) is 0 Å². The minimum absolute atomic E-state index is 0.0792. The molecule has 1 heterocycles. The molecule has 24 heavy (non-hydrogen) atoms. The fraction of sp³-hybridized carbons (Fsp3) is 0.222. The predicted octanol–water partition coefficient (Wildman–Crippen LogP) is 3.95. The van der Waals surface area contributed by atoms with Crippen LogP contribution in [0.25, 0.3) is 0 Å². The highest BCUT2D eigenvalue weighted by molar-refractivity contribution is 9.10. The Bertz CT molecular complexity index is 798.